The summed E-state index contributed by atoms with van der Waals surface area (Å²) in [5.41, 5.74) is 9.35. The van der Waals surface area contributed by atoms with E-state index in [1.54, 1.807) is 12.1 Å². The van der Waals surface area contributed by atoms with Crippen LogP contribution in [-0.4, -0.2) is 5.91 Å². The highest BCUT2D eigenvalue weighted by Gasteiger charge is 2.19. The maximum absolute atomic E-state index is 11.3. The fourth-order valence-corrected chi connectivity index (χ4v) is 2.10. The number of nitrogens with two attached hydrogens (primary N) is 1. The van der Waals surface area contributed by atoms with Gasteiger partial charge in [0.25, 0.3) is 0 Å². The topological polar surface area (TPSA) is 64.3 Å². The summed E-state index contributed by atoms with van der Waals surface area (Å²) < 4.78 is 5.75. The number of anilines is 2. The molecule has 4 heteroatoms. The predicted molar refractivity (Wildman–Crippen MR) is 74.4 cm³/mol. The highest BCUT2D eigenvalue weighted by atomic mass is 16.5. The number of aryl methyl sites for hydroxylation is 1. The second kappa shape index (κ2) is 4.31. The fourth-order valence-electron chi connectivity index (χ4n) is 2.10. The number of hydrogen-bond acceptors (Lipinski definition) is 3. The van der Waals surface area contributed by atoms with E-state index in [9.17, 15) is 4.79 Å². The van der Waals surface area contributed by atoms with Crippen LogP contribution in [0.15, 0.2) is 36.4 Å². The van der Waals surface area contributed by atoms with Gasteiger partial charge in [-0.3, -0.25) is 4.79 Å². The molecule has 0 atom stereocenters. The summed E-state index contributed by atoms with van der Waals surface area (Å²) in [6, 6.07) is 11.3. The lowest BCUT2D eigenvalue weighted by molar-refractivity contribution is -0.115. The summed E-state index contributed by atoms with van der Waals surface area (Å²) in [6.45, 7) is 2.02. The van der Waals surface area contributed by atoms with Crippen molar-refractivity contribution in [2.45, 2.75) is 13.3 Å². The standard InChI is InChI=1S/C15H14N2O2/c1-9-2-4-11(5-3-9)19-14-8-13-10(6-12(14)16)7-15(18)17-13/h2-6,8H,7,16H2,1H3,(H,17,18). The third kappa shape index (κ3) is 2.25. The molecule has 3 N–H and O–H groups in total. The van der Waals surface area contributed by atoms with E-state index in [2.05, 4.69) is 5.32 Å². The van der Waals surface area contributed by atoms with Crippen molar-refractivity contribution in [1.29, 1.82) is 0 Å². The molecule has 0 aliphatic carbocycles. The molecule has 4 nitrogen and oxygen atoms in total. The van der Waals surface area contributed by atoms with E-state index in [0.717, 1.165) is 17.0 Å². The smallest absolute Gasteiger partial charge is 0.228 e. The first kappa shape index (κ1) is 11.6. The van der Waals surface area contributed by atoms with Crippen LogP contribution in [0.3, 0.4) is 0 Å². The molecule has 0 saturated carbocycles. The van der Waals surface area contributed by atoms with Gasteiger partial charge in [0, 0.05) is 11.8 Å². The van der Waals surface area contributed by atoms with Gasteiger partial charge in [-0.2, -0.15) is 0 Å². The zero-order valence-electron chi connectivity index (χ0n) is 10.6. The zero-order chi connectivity index (χ0) is 13.4. The summed E-state index contributed by atoms with van der Waals surface area (Å²) >= 11 is 0. The molecule has 0 bridgehead atoms. The van der Waals surface area contributed by atoms with Gasteiger partial charge in [0.2, 0.25) is 5.91 Å². The second-order valence-corrected chi connectivity index (χ2v) is 4.69. The Morgan fingerprint density at radius 3 is 2.68 bits per heavy atom. The minimum Gasteiger partial charge on any atom is -0.455 e. The monoisotopic (exact) mass is 254 g/mol. The van der Waals surface area contributed by atoms with Crippen molar-refractivity contribution < 1.29 is 9.53 Å². The highest BCUT2D eigenvalue weighted by molar-refractivity contribution is 6.00. The molecule has 1 aliphatic rings. The van der Waals surface area contributed by atoms with Crippen molar-refractivity contribution >= 4 is 17.3 Å². The molecule has 0 spiro atoms. The number of fused-ring (bicyclic) bond motifs is 1. The first-order valence-electron chi connectivity index (χ1n) is 6.08. The SMILES string of the molecule is Cc1ccc(Oc2cc3c(cc2N)CC(=O)N3)cc1. The molecule has 0 fully saturated rings. The minimum absolute atomic E-state index is 0.0121. The first-order valence-corrected chi connectivity index (χ1v) is 6.08. The normalized spacial score (nSPS) is 13.0. The van der Waals surface area contributed by atoms with Crippen molar-refractivity contribution in [2.24, 2.45) is 0 Å². The van der Waals surface area contributed by atoms with Crippen LogP contribution in [0.25, 0.3) is 0 Å². The Hall–Kier alpha value is -2.49. The summed E-state index contributed by atoms with van der Waals surface area (Å²) in [7, 11) is 0. The van der Waals surface area contributed by atoms with E-state index in [4.69, 9.17) is 10.5 Å². The molecule has 1 aliphatic heterocycles. The van der Waals surface area contributed by atoms with Gasteiger partial charge < -0.3 is 15.8 Å². The average molecular weight is 254 g/mol. The van der Waals surface area contributed by atoms with Crippen molar-refractivity contribution in [3.8, 4) is 11.5 Å². The molecule has 2 aromatic rings. The maximum atomic E-state index is 11.3. The van der Waals surface area contributed by atoms with Gasteiger partial charge in [0.15, 0.2) is 5.75 Å². The molecule has 19 heavy (non-hydrogen) atoms. The van der Waals surface area contributed by atoms with E-state index in [-0.39, 0.29) is 5.91 Å². The molecular weight excluding hydrogens is 240 g/mol. The number of hydrogen-bond donors (Lipinski definition) is 2. The quantitative estimate of drug-likeness (QED) is 0.810. The maximum Gasteiger partial charge on any atom is 0.228 e. The Morgan fingerprint density at radius 1 is 1.21 bits per heavy atom. The van der Waals surface area contributed by atoms with Crippen LogP contribution in [0.2, 0.25) is 0 Å². The van der Waals surface area contributed by atoms with Crippen molar-refractivity contribution in [3.63, 3.8) is 0 Å². The molecule has 3 rings (SSSR count). The summed E-state index contributed by atoms with van der Waals surface area (Å²) in [4.78, 5) is 11.3. The van der Waals surface area contributed by atoms with Crippen molar-refractivity contribution in [3.05, 3.63) is 47.5 Å². The number of carbonyl (C=O) groups excluding carboxylic acids is 1. The molecule has 0 saturated heterocycles. The van der Waals surface area contributed by atoms with Gasteiger partial charge in [-0.25, -0.2) is 0 Å². The molecular formula is C15H14N2O2. The van der Waals surface area contributed by atoms with Gasteiger partial charge in [-0.1, -0.05) is 17.7 Å². The molecule has 2 aromatic carbocycles. The molecule has 96 valence electrons. The Labute approximate surface area is 111 Å². The number of nitrogen functional groups attached to an aromatic ring is 1. The third-order valence-electron chi connectivity index (χ3n) is 3.11. The van der Waals surface area contributed by atoms with E-state index >= 15 is 0 Å². The Balaban J connectivity index is 1.91. The Bertz CT molecular complexity index is 648. The zero-order valence-corrected chi connectivity index (χ0v) is 10.6. The number of rotatable bonds is 2. The van der Waals surface area contributed by atoms with E-state index in [1.165, 1.54) is 5.56 Å². The lowest BCUT2D eigenvalue weighted by Gasteiger charge is -2.10. The number of carbonyl (C=O) groups is 1. The lowest BCUT2D eigenvalue weighted by Crippen LogP contribution is -2.03. The third-order valence-corrected chi connectivity index (χ3v) is 3.11. The van der Waals surface area contributed by atoms with E-state index in [1.807, 2.05) is 31.2 Å². The fraction of sp³-hybridized carbons (Fsp3) is 0.133. The summed E-state index contributed by atoms with van der Waals surface area (Å²) in [5.74, 6) is 1.27. The number of nitrogens with one attached hydrogen (secondary N) is 1. The van der Waals surface area contributed by atoms with Gasteiger partial charge in [0.05, 0.1) is 12.1 Å². The van der Waals surface area contributed by atoms with Gasteiger partial charge in [-0.05, 0) is 30.7 Å². The van der Waals surface area contributed by atoms with E-state index in [0.29, 0.717) is 17.9 Å². The van der Waals surface area contributed by atoms with Crippen LogP contribution in [0.4, 0.5) is 11.4 Å². The number of ether oxygens (including phenoxy) is 1. The van der Waals surface area contributed by atoms with Crippen LogP contribution >= 0.6 is 0 Å². The van der Waals surface area contributed by atoms with Crippen LogP contribution in [0, 0.1) is 6.92 Å². The van der Waals surface area contributed by atoms with Crippen LogP contribution in [0.5, 0.6) is 11.5 Å². The van der Waals surface area contributed by atoms with Crippen molar-refractivity contribution in [1.82, 2.24) is 0 Å². The molecule has 0 radical (unpaired) electrons. The van der Waals surface area contributed by atoms with Gasteiger partial charge in [-0.15, -0.1) is 0 Å². The average Bonchev–Trinajstić information content (AvgIpc) is 2.72. The predicted octanol–water partition coefficient (Wildman–Crippen LogP) is 2.86. The lowest BCUT2D eigenvalue weighted by atomic mass is 10.1. The summed E-state index contributed by atoms with van der Waals surface area (Å²) in [5, 5.41) is 2.79. The van der Waals surface area contributed by atoms with Crippen molar-refractivity contribution in [2.75, 3.05) is 11.1 Å². The largest absolute Gasteiger partial charge is 0.455 e. The second-order valence-electron chi connectivity index (χ2n) is 4.69. The Kier molecular flexibility index (Phi) is 2.63. The number of amides is 1. The number of benzene rings is 2. The molecule has 0 unspecified atom stereocenters. The van der Waals surface area contributed by atoms with Crippen LogP contribution in [-0.2, 0) is 11.2 Å². The first-order chi connectivity index (χ1) is 9.11. The summed E-state index contributed by atoms with van der Waals surface area (Å²) in [6.07, 6.45) is 0.379. The van der Waals surface area contributed by atoms with Gasteiger partial charge >= 0.3 is 0 Å². The minimum atomic E-state index is -0.0121. The molecule has 1 heterocycles. The Morgan fingerprint density at radius 2 is 1.95 bits per heavy atom. The molecule has 1 amide bonds. The van der Waals surface area contributed by atoms with Crippen LogP contribution in [0.1, 0.15) is 11.1 Å². The highest BCUT2D eigenvalue weighted by Crippen LogP contribution is 2.35. The molecule has 0 aromatic heterocycles. The van der Waals surface area contributed by atoms with E-state index < -0.39 is 0 Å². The van der Waals surface area contributed by atoms with Crippen LogP contribution < -0.4 is 15.8 Å². The van der Waals surface area contributed by atoms with Gasteiger partial charge in [0.1, 0.15) is 5.75 Å².